The molecule has 1 fully saturated rings. The summed E-state index contributed by atoms with van der Waals surface area (Å²) in [5, 5.41) is 11.0. The second kappa shape index (κ2) is 8.19. The number of urea groups is 1. The summed E-state index contributed by atoms with van der Waals surface area (Å²) in [6, 6.07) is 0.564. The van der Waals surface area contributed by atoms with Crippen molar-refractivity contribution in [3.05, 3.63) is 59.4 Å². The number of carbonyl (C=O) groups is 2. The zero-order chi connectivity index (χ0) is 24.1. The molecule has 4 heterocycles. The predicted molar refractivity (Wildman–Crippen MR) is 115 cm³/mol. The van der Waals surface area contributed by atoms with Crippen LogP contribution in [0, 0.1) is 17.5 Å². The molecule has 2 aliphatic heterocycles. The highest BCUT2D eigenvalue weighted by Gasteiger charge is 2.37. The van der Waals surface area contributed by atoms with Crippen LogP contribution in [0.3, 0.4) is 0 Å². The molecule has 12 heteroatoms. The van der Waals surface area contributed by atoms with Gasteiger partial charge in [0.15, 0.2) is 17.5 Å². The molecule has 9 nitrogen and oxygen atoms in total. The van der Waals surface area contributed by atoms with Crippen LogP contribution in [0.15, 0.2) is 30.7 Å². The topological polar surface area (TPSA) is 88.3 Å². The number of nitrogens with zero attached hydrogens (tertiary/aromatic N) is 6. The molecule has 5 rings (SSSR count). The Labute approximate surface area is 192 Å². The van der Waals surface area contributed by atoms with E-state index in [1.165, 1.54) is 4.90 Å². The molecule has 2 aromatic heterocycles. The summed E-state index contributed by atoms with van der Waals surface area (Å²) in [6.45, 7) is 2.80. The van der Waals surface area contributed by atoms with Gasteiger partial charge in [-0.05, 0) is 12.5 Å². The summed E-state index contributed by atoms with van der Waals surface area (Å²) in [5.74, 6) is -4.42. The first-order valence-corrected chi connectivity index (χ1v) is 10.8. The minimum atomic E-state index is -1.60. The number of rotatable bonds is 3. The number of aryl methyl sites for hydroxylation is 1. The number of carbonyl (C=O) groups excluding carboxylic acids is 2. The second-order valence-corrected chi connectivity index (χ2v) is 8.67. The van der Waals surface area contributed by atoms with E-state index in [0.717, 1.165) is 17.7 Å². The van der Waals surface area contributed by atoms with E-state index in [1.54, 1.807) is 26.7 Å². The van der Waals surface area contributed by atoms with Crippen molar-refractivity contribution < 1.29 is 22.8 Å². The van der Waals surface area contributed by atoms with Gasteiger partial charge in [0.1, 0.15) is 0 Å². The summed E-state index contributed by atoms with van der Waals surface area (Å²) in [5.41, 5.74) is 2.10. The molecule has 1 N–H and O–H groups in total. The lowest BCUT2D eigenvalue weighted by Crippen LogP contribution is -2.47. The van der Waals surface area contributed by atoms with Crippen molar-refractivity contribution in [1.29, 1.82) is 0 Å². The maximum atomic E-state index is 13.5. The van der Waals surface area contributed by atoms with Crippen molar-refractivity contribution in [2.75, 3.05) is 16.8 Å². The first-order valence-electron chi connectivity index (χ1n) is 10.8. The third-order valence-electron chi connectivity index (χ3n) is 6.32. The van der Waals surface area contributed by atoms with Crippen molar-refractivity contribution in [3.63, 3.8) is 0 Å². The van der Waals surface area contributed by atoms with Gasteiger partial charge in [0.2, 0.25) is 5.91 Å². The van der Waals surface area contributed by atoms with Gasteiger partial charge in [-0.3, -0.25) is 14.2 Å². The number of anilines is 2. The number of benzene rings is 1. The Kier molecular flexibility index (Phi) is 5.29. The van der Waals surface area contributed by atoms with Crippen LogP contribution in [0.5, 0.6) is 0 Å². The molecule has 0 saturated carbocycles. The molecule has 3 aromatic rings. The predicted octanol–water partition coefficient (Wildman–Crippen LogP) is 2.99. The minimum Gasteiger partial charge on any atom is -0.314 e. The molecular weight excluding hydrogens is 451 g/mol. The van der Waals surface area contributed by atoms with Crippen LogP contribution in [-0.4, -0.2) is 49.0 Å². The lowest BCUT2D eigenvalue weighted by Gasteiger charge is -2.35. The van der Waals surface area contributed by atoms with Gasteiger partial charge in [-0.15, -0.1) is 0 Å². The molecule has 1 saturated heterocycles. The Morgan fingerprint density at radius 1 is 1.12 bits per heavy atom. The maximum absolute atomic E-state index is 13.5. The zero-order valence-corrected chi connectivity index (χ0v) is 18.5. The molecule has 0 radical (unpaired) electrons. The Hall–Kier alpha value is -3.83. The van der Waals surface area contributed by atoms with E-state index >= 15 is 0 Å². The molecule has 1 unspecified atom stereocenters. The molecule has 34 heavy (non-hydrogen) atoms. The van der Waals surface area contributed by atoms with Crippen molar-refractivity contribution in [2.45, 2.75) is 38.4 Å². The van der Waals surface area contributed by atoms with Crippen LogP contribution in [0.4, 0.5) is 29.3 Å². The number of fused-ring (bicyclic) bond motifs is 1. The first kappa shape index (κ1) is 22.0. The van der Waals surface area contributed by atoms with E-state index in [0.29, 0.717) is 30.9 Å². The molecule has 0 bridgehead atoms. The van der Waals surface area contributed by atoms with E-state index in [1.807, 2.05) is 20.2 Å². The summed E-state index contributed by atoms with van der Waals surface area (Å²) in [6.07, 6.45) is 5.61. The molecule has 0 spiro atoms. The van der Waals surface area contributed by atoms with Gasteiger partial charge in [-0.2, -0.15) is 10.2 Å². The van der Waals surface area contributed by atoms with Gasteiger partial charge in [-0.25, -0.2) is 18.0 Å². The number of nitrogens with one attached hydrogen (secondary N) is 1. The second-order valence-electron chi connectivity index (χ2n) is 8.67. The fourth-order valence-electron chi connectivity index (χ4n) is 4.52. The quantitative estimate of drug-likeness (QED) is 0.593. The lowest BCUT2D eigenvalue weighted by molar-refractivity contribution is -0.117. The van der Waals surface area contributed by atoms with Gasteiger partial charge in [-0.1, -0.05) is 0 Å². The number of halogens is 3. The number of hydrogen-bond acceptors (Lipinski definition) is 4. The minimum absolute atomic E-state index is 0.00179. The fraction of sp³-hybridized carbons (Fsp3) is 0.364. The maximum Gasteiger partial charge on any atom is 0.322 e. The van der Waals surface area contributed by atoms with Crippen molar-refractivity contribution in [1.82, 2.24) is 24.5 Å². The highest BCUT2D eigenvalue weighted by atomic mass is 19.2. The van der Waals surface area contributed by atoms with E-state index in [4.69, 9.17) is 0 Å². The van der Waals surface area contributed by atoms with Gasteiger partial charge < -0.3 is 15.1 Å². The molecule has 178 valence electrons. The first-order chi connectivity index (χ1) is 16.2. The van der Waals surface area contributed by atoms with Crippen LogP contribution < -0.4 is 10.2 Å². The van der Waals surface area contributed by atoms with Crippen molar-refractivity contribution in [3.8, 4) is 0 Å². The number of hydrogen-bond donors (Lipinski definition) is 1. The van der Waals surface area contributed by atoms with E-state index in [9.17, 15) is 22.8 Å². The van der Waals surface area contributed by atoms with Crippen LogP contribution in [0.25, 0.3) is 0 Å². The Morgan fingerprint density at radius 2 is 1.85 bits per heavy atom. The average Bonchev–Trinajstić information content (AvgIpc) is 3.49. The standard InChI is InChI=1S/C22H22F3N7O2/c1-12-8-32-19(11-30(12)22(34)28-15-4-16(23)21(25)17(24)5-15)18(7-27-32)31-10-13(3-20(31)33)14-6-26-29(2)9-14/h4-7,9,12-13H,3,8,10-11H2,1-2H3,(H,28,34)/t12-,13?/m0/s1. The Morgan fingerprint density at radius 3 is 2.53 bits per heavy atom. The van der Waals surface area contributed by atoms with Gasteiger partial charge >= 0.3 is 6.03 Å². The Bertz CT molecular complexity index is 1260. The largest absolute Gasteiger partial charge is 0.322 e. The summed E-state index contributed by atoms with van der Waals surface area (Å²) in [4.78, 5) is 28.9. The van der Waals surface area contributed by atoms with Crippen LogP contribution in [0.2, 0.25) is 0 Å². The summed E-state index contributed by atoms with van der Waals surface area (Å²) < 4.78 is 43.8. The van der Waals surface area contributed by atoms with Gasteiger partial charge in [0.05, 0.1) is 42.9 Å². The van der Waals surface area contributed by atoms with Crippen LogP contribution in [0.1, 0.15) is 30.5 Å². The number of amides is 3. The average molecular weight is 473 g/mol. The van der Waals surface area contributed by atoms with E-state index in [-0.39, 0.29) is 30.1 Å². The van der Waals surface area contributed by atoms with E-state index < -0.39 is 23.5 Å². The van der Waals surface area contributed by atoms with Crippen molar-refractivity contribution in [2.24, 2.45) is 7.05 Å². The summed E-state index contributed by atoms with van der Waals surface area (Å²) in [7, 11) is 1.82. The third kappa shape index (κ3) is 3.78. The molecule has 0 aliphatic carbocycles. The molecule has 1 aromatic carbocycles. The van der Waals surface area contributed by atoms with Gasteiger partial charge in [0, 0.05) is 49.9 Å². The molecule has 2 atom stereocenters. The smallest absolute Gasteiger partial charge is 0.314 e. The monoisotopic (exact) mass is 473 g/mol. The highest BCUT2D eigenvalue weighted by Crippen LogP contribution is 2.35. The molecule has 2 aliphatic rings. The third-order valence-corrected chi connectivity index (χ3v) is 6.32. The molecule has 3 amide bonds. The fourth-order valence-corrected chi connectivity index (χ4v) is 4.52. The zero-order valence-electron chi connectivity index (χ0n) is 18.5. The highest BCUT2D eigenvalue weighted by molar-refractivity contribution is 5.97. The van der Waals surface area contributed by atoms with Crippen LogP contribution >= 0.6 is 0 Å². The Balaban J connectivity index is 1.36. The normalized spacial score (nSPS) is 20.1. The van der Waals surface area contributed by atoms with Crippen LogP contribution in [-0.2, 0) is 24.9 Å². The lowest BCUT2D eigenvalue weighted by atomic mass is 10.0. The SMILES string of the molecule is C[C@H]1Cn2ncc(N3CC(c4cnn(C)c4)CC3=O)c2CN1C(=O)Nc1cc(F)c(F)c(F)c1. The molecular formula is C22H22F3N7O2. The van der Waals surface area contributed by atoms with Crippen molar-refractivity contribution >= 4 is 23.3 Å². The summed E-state index contributed by atoms with van der Waals surface area (Å²) >= 11 is 0. The van der Waals surface area contributed by atoms with Gasteiger partial charge in [0.25, 0.3) is 0 Å². The van der Waals surface area contributed by atoms with E-state index in [2.05, 4.69) is 15.5 Å². The number of aromatic nitrogens is 4.